The minimum atomic E-state index is 0.117. The van der Waals surface area contributed by atoms with Crippen molar-refractivity contribution < 1.29 is 0 Å². The van der Waals surface area contributed by atoms with Crippen LogP contribution >= 0.6 is 35.0 Å². The number of hydrogen-bond acceptors (Lipinski definition) is 3. The van der Waals surface area contributed by atoms with Crippen molar-refractivity contribution in [3.05, 3.63) is 33.8 Å². The highest BCUT2D eigenvalue weighted by molar-refractivity contribution is 7.99. The second-order valence-electron chi connectivity index (χ2n) is 3.47. The van der Waals surface area contributed by atoms with Crippen LogP contribution < -0.4 is 11.3 Å². The molecule has 0 aliphatic heterocycles. The summed E-state index contributed by atoms with van der Waals surface area (Å²) < 4.78 is 0. The minimum absolute atomic E-state index is 0.117. The van der Waals surface area contributed by atoms with E-state index in [9.17, 15) is 0 Å². The van der Waals surface area contributed by atoms with Crippen molar-refractivity contribution >= 4 is 35.0 Å². The summed E-state index contributed by atoms with van der Waals surface area (Å²) in [5, 5.41) is 1.14. The van der Waals surface area contributed by atoms with Gasteiger partial charge in [-0.1, -0.05) is 36.2 Å². The highest BCUT2D eigenvalue weighted by Crippen LogP contribution is 2.26. The lowest BCUT2D eigenvalue weighted by molar-refractivity contribution is 0.611. The molecule has 0 aliphatic rings. The van der Waals surface area contributed by atoms with E-state index >= 15 is 0 Å². The van der Waals surface area contributed by atoms with Gasteiger partial charge in [-0.15, -0.1) is 0 Å². The van der Waals surface area contributed by atoms with E-state index in [1.807, 2.05) is 23.9 Å². The van der Waals surface area contributed by atoms with E-state index in [2.05, 4.69) is 12.3 Å². The molecule has 0 saturated heterocycles. The molecule has 90 valence electrons. The molecule has 0 heterocycles. The number of nitrogens with one attached hydrogen (secondary N) is 1. The quantitative estimate of drug-likeness (QED) is 0.474. The van der Waals surface area contributed by atoms with E-state index in [-0.39, 0.29) is 6.04 Å². The fourth-order valence-electron chi connectivity index (χ4n) is 1.32. The zero-order valence-electron chi connectivity index (χ0n) is 9.17. The third kappa shape index (κ3) is 4.15. The Morgan fingerprint density at radius 2 is 2.12 bits per heavy atom. The van der Waals surface area contributed by atoms with Gasteiger partial charge in [0.15, 0.2) is 0 Å². The molecule has 0 fully saturated rings. The summed E-state index contributed by atoms with van der Waals surface area (Å²) in [6.45, 7) is 2.16. The molecule has 2 nitrogen and oxygen atoms in total. The Bertz CT molecular complexity index is 334. The summed E-state index contributed by atoms with van der Waals surface area (Å²) in [4.78, 5) is 0. The first-order valence-corrected chi connectivity index (χ1v) is 7.09. The first-order chi connectivity index (χ1) is 7.69. The van der Waals surface area contributed by atoms with Crippen LogP contribution in [0.1, 0.15) is 24.9 Å². The molecule has 1 aromatic rings. The van der Waals surface area contributed by atoms with E-state index in [4.69, 9.17) is 29.0 Å². The molecule has 0 aliphatic carbocycles. The third-order valence-electron chi connectivity index (χ3n) is 2.18. The van der Waals surface area contributed by atoms with Crippen LogP contribution in [-0.2, 0) is 0 Å². The lowest BCUT2D eigenvalue weighted by Gasteiger charge is -2.16. The first kappa shape index (κ1) is 14.1. The highest BCUT2D eigenvalue weighted by Gasteiger charge is 2.10. The standard InChI is InChI=1S/C11H16Cl2N2S/c1-2-5-16-7-11(15-14)8-3-4-9(12)10(13)6-8/h3-4,6,11,15H,2,5,7,14H2,1H3. The molecule has 16 heavy (non-hydrogen) atoms. The molecule has 0 spiro atoms. The molecular formula is C11H16Cl2N2S. The molecule has 0 aromatic heterocycles. The van der Waals surface area contributed by atoms with Crippen molar-refractivity contribution in [2.24, 2.45) is 5.84 Å². The number of rotatable bonds is 6. The fraction of sp³-hybridized carbons (Fsp3) is 0.455. The van der Waals surface area contributed by atoms with Crippen molar-refractivity contribution in [1.29, 1.82) is 0 Å². The third-order valence-corrected chi connectivity index (χ3v) is 4.19. The van der Waals surface area contributed by atoms with Gasteiger partial charge in [-0.2, -0.15) is 11.8 Å². The van der Waals surface area contributed by atoms with Crippen LogP contribution in [0.15, 0.2) is 18.2 Å². The van der Waals surface area contributed by atoms with Crippen molar-refractivity contribution in [2.45, 2.75) is 19.4 Å². The summed E-state index contributed by atoms with van der Waals surface area (Å²) in [5.74, 6) is 7.61. The van der Waals surface area contributed by atoms with Gasteiger partial charge in [-0.05, 0) is 29.9 Å². The van der Waals surface area contributed by atoms with Gasteiger partial charge < -0.3 is 0 Å². The van der Waals surface area contributed by atoms with Gasteiger partial charge >= 0.3 is 0 Å². The van der Waals surface area contributed by atoms with Gasteiger partial charge in [-0.25, -0.2) is 0 Å². The van der Waals surface area contributed by atoms with Crippen molar-refractivity contribution in [1.82, 2.24) is 5.43 Å². The van der Waals surface area contributed by atoms with Crippen molar-refractivity contribution in [2.75, 3.05) is 11.5 Å². The molecule has 0 amide bonds. The second-order valence-corrected chi connectivity index (χ2v) is 5.43. The van der Waals surface area contributed by atoms with E-state index in [1.165, 1.54) is 6.42 Å². The monoisotopic (exact) mass is 278 g/mol. The lowest BCUT2D eigenvalue weighted by atomic mass is 10.1. The summed E-state index contributed by atoms with van der Waals surface area (Å²) in [7, 11) is 0. The molecule has 0 radical (unpaired) electrons. The van der Waals surface area contributed by atoms with Gasteiger partial charge in [0.05, 0.1) is 16.1 Å². The van der Waals surface area contributed by atoms with Crippen LogP contribution in [0.4, 0.5) is 0 Å². The van der Waals surface area contributed by atoms with Gasteiger partial charge in [0.2, 0.25) is 0 Å². The maximum atomic E-state index is 5.97. The Labute approximate surface area is 111 Å². The average Bonchev–Trinajstić information content (AvgIpc) is 2.29. The van der Waals surface area contributed by atoms with E-state index in [0.717, 1.165) is 17.1 Å². The van der Waals surface area contributed by atoms with Crippen LogP contribution in [0.5, 0.6) is 0 Å². The number of hydrogen-bond donors (Lipinski definition) is 2. The maximum Gasteiger partial charge on any atom is 0.0595 e. The Balaban J connectivity index is 2.67. The molecule has 1 atom stereocenters. The zero-order valence-corrected chi connectivity index (χ0v) is 11.5. The maximum absolute atomic E-state index is 5.97. The summed E-state index contributed by atoms with van der Waals surface area (Å²) >= 11 is 13.7. The highest BCUT2D eigenvalue weighted by atomic mass is 35.5. The van der Waals surface area contributed by atoms with Gasteiger partial charge in [0, 0.05) is 5.75 Å². The lowest BCUT2D eigenvalue weighted by Crippen LogP contribution is -2.29. The van der Waals surface area contributed by atoms with Crippen LogP contribution in [0.3, 0.4) is 0 Å². The van der Waals surface area contributed by atoms with E-state index in [1.54, 1.807) is 6.07 Å². The summed E-state index contributed by atoms with van der Waals surface area (Å²) in [6.07, 6.45) is 1.17. The van der Waals surface area contributed by atoms with Crippen LogP contribution in [0.2, 0.25) is 10.0 Å². The summed E-state index contributed by atoms with van der Waals surface area (Å²) in [6, 6.07) is 5.73. The Kier molecular flexibility index (Phi) is 6.54. The smallest absolute Gasteiger partial charge is 0.0595 e. The van der Waals surface area contributed by atoms with Crippen molar-refractivity contribution in [3.63, 3.8) is 0 Å². The normalized spacial score (nSPS) is 12.8. The Hall–Kier alpha value is 0.0700. The predicted molar refractivity (Wildman–Crippen MR) is 74.1 cm³/mol. The van der Waals surface area contributed by atoms with Crippen LogP contribution in [0.25, 0.3) is 0 Å². The summed E-state index contributed by atoms with van der Waals surface area (Å²) in [5.41, 5.74) is 3.87. The van der Waals surface area contributed by atoms with E-state index in [0.29, 0.717) is 10.0 Å². The number of halogens is 2. The zero-order chi connectivity index (χ0) is 12.0. The Morgan fingerprint density at radius 3 is 2.69 bits per heavy atom. The predicted octanol–water partition coefficient (Wildman–Crippen LogP) is 3.64. The number of nitrogens with two attached hydrogens (primary N) is 1. The molecule has 3 N–H and O–H groups in total. The van der Waals surface area contributed by atoms with Gasteiger partial charge in [0.25, 0.3) is 0 Å². The number of hydrazine groups is 1. The Morgan fingerprint density at radius 1 is 1.38 bits per heavy atom. The molecule has 1 aromatic carbocycles. The topological polar surface area (TPSA) is 38.0 Å². The molecule has 0 saturated carbocycles. The minimum Gasteiger partial charge on any atom is -0.271 e. The number of thioether (sulfide) groups is 1. The fourth-order valence-corrected chi connectivity index (χ4v) is 2.60. The first-order valence-electron chi connectivity index (χ1n) is 5.17. The SMILES string of the molecule is CCCSCC(NN)c1ccc(Cl)c(Cl)c1. The number of benzene rings is 1. The van der Waals surface area contributed by atoms with Gasteiger partial charge in [0.1, 0.15) is 0 Å². The molecule has 1 rings (SSSR count). The molecule has 5 heteroatoms. The molecular weight excluding hydrogens is 263 g/mol. The molecule has 0 bridgehead atoms. The van der Waals surface area contributed by atoms with Crippen LogP contribution in [0, 0.1) is 0 Å². The van der Waals surface area contributed by atoms with Crippen molar-refractivity contribution in [3.8, 4) is 0 Å². The largest absolute Gasteiger partial charge is 0.271 e. The average molecular weight is 279 g/mol. The van der Waals surface area contributed by atoms with Gasteiger partial charge in [-0.3, -0.25) is 11.3 Å². The second kappa shape index (κ2) is 7.41. The van der Waals surface area contributed by atoms with Crippen LogP contribution in [-0.4, -0.2) is 11.5 Å². The van der Waals surface area contributed by atoms with E-state index < -0.39 is 0 Å². The molecule has 1 unspecified atom stereocenters.